The van der Waals surface area contributed by atoms with Crippen molar-refractivity contribution in [2.24, 2.45) is 7.05 Å². The Bertz CT molecular complexity index is 929. The third kappa shape index (κ3) is 5.34. The van der Waals surface area contributed by atoms with Crippen molar-refractivity contribution < 1.29 is 23.1 Å². The molecular formula is C18H19BrF3N3O3. The minimum absolute atomic E-state index is 0.0106. The Hall–Kier alpha value is -2.36. The Morgan fingerprint density at radius 2 is 2.07 bits per heavy atom. The maximum Gasteiger partial charge on any atom is 0.490 e. The smallest absolute Gasteiger partial charge is 0.475 e. The first kappa shape index (κ1) is 21.9. The lowest BCUT2D eigenvalue weighted by Gasteiger charge is -2.25. The highest BCUT2D eigenvalue weighted by atomic mass is 79.9. The van der Waals surface area contributed by atoms with Crippen LogP contribution in [0.3, 0.4) is 0 Å². The standard InChI is InChI=1S/C16H18BrN3O.C2HF3O2/c1-20-15(21)13-7-3-5-11(14(13)19-16(20)18)8-10-4-2-6-12(17)9-10;3-2(4,5)1(6)7/h2,4,6,9,11H,3,5,7-8H2,1H3,(H2,18,19);(H,6,7). The van der Waals surface area contributed by atoms with Gasteiger partial charge in [0, 0.05) is 23.0 Å². The second kappa shape index (κ2) is 8.76. The van der Waals surface area contributed by atoms with Gasteiger partial charge in [0.25, 0.3) is 5.56 Å². The lowest BCUT2D eigenvalue weighted by molar-refractivity contribution is -0.192. The number of benzene rings is 1. The number of halogens is 4. The molecule has 1 atom stereocenters. The van der Waals surface area contributed by atoms with Gasteiger partial charge in [0.05, 0.1) is 5.69 Å². The molecule has 2 aromatic rings. The number of fused-ring (bicyclic) bond motifs is 1. The normalized spacial score (nSPS) is 16.0. The zero-order valence-electron chi connectivity index (χ0n) is 15.0. The molecule has 0 saturated carbocycles. The van der Waals surface area contributed by atoms with E-state index in [4.69, 9.17) is 15.6 Å². The number of nitrogen functional groups attached to an aromatic ring is 1. The van der Waals surface area contributed by atoms with E-state index in [2.05, 4.69) is 33.0 Å². The molecule has 1 aliphatic carbocycles. The number of nitrogens with two attached hydrogens (primary N) is 1. The van der Waals surface area contributed by atoms with Crippen molar-refractivity contribution in [2.45, 2.75) is 37.8 Å². The first-order valence-corrected chi connectivity index (χ1v) is 9.19. The first-order chi connectivity index (χ1) is 13.0. The molecule has 28 heavy (non-hydrogen) atoms. The zero-order chi connectivity index (χ0) is 21.1. The third-order valence-electron chi connectivity index (χ3n) is 4.43. The number of aromatic nitrogens is 2. The van der Waals surface area contributed by atoms with Gasteiger partial charge in [0.2, 0.25) is 5.95 Å². The molecule has 6 nitrogen and oxygen atoms in total. The summed E-state index contributed by atoms with van der Waals surface area (Å²) in [7, 11) is 1.68. The fourth-order valence-corrected chi connectivity index (χ4v) is 3.51. The van der Waals surface area contributed by atoms with Gasteiger partial charge in [-0.3, -0.25) is 9.36 Å². The van der Waals surface area contributed by atoms with Crippen LogP contribution in [-0.2, 0) is 24.7 Å². The molecule has 0 fully saturated rings. The van der Waals surface area contributed by atoms with Crippen molar-refractivity contribution >= 4 is 27.8 Å². The number of hydrogen-bond acceptors (Lipinski definition) is 4. The van der Waals surface area contributed by atoms with Crippen molar-refractivity contribution in [3.63, 3.8) is 0 Å². The van der Waals surface area contributed by atoms with Crippen molar-refractivity contribution in [1.82, 2.24) is 9.55 Å². The van der Waals surface area contributed by atoms with E-state index in [-0.39, 0.29) is 11.5 Å². The summed E-state index contributed by atoms with van der Waals surface area (Å²) in [5.41, 5.74) is 8.88. The highest BCUT2D eigenvalue weighted by Crippen LogP contribution is 2.32. The van der Waals surface area contributed by atoms with Gasteiger partial charge in [-0.15, -0.1) is 0 Å². The van der Waals surface area contributed by atoms with Gasteiger partial charge >= 0.3 is 12.1 Å². The van der Waals surface area contributed by atoms with Gasteiger partial charge in [-0.25, -0.2) is 9.78 Å². The topological polar surface area (TPSA) is 98.2 Å². The molecule has 1 heterocycles. The van der Waals surface area contributed by atoms with Crippen LogP contribution in [0, 0.1) is 0 Å². The minimum Gasteiger partial charge on any atom is -0.475 e. The fourth-order valence-electron chi connectivity index (χ4n) is 3.06. The Kier molecular flexibility index (Phi) is 6.87. The van der Waals surface area contributed by atoms with E-state index >= 15 is 0 Å². The predicted octanol–water partition coefficient (Wildman–Crippen LogP) is 3.42. The molecule has 10 heteroatoms. The number of hydrogen-bond donors (Lipinski definition) is 2. The van der Waals surface area contributed by atoms with Crippen LogP contribution in [-0.4, -0.2) is 26.8 Å². The Balaban J connectivity index is 0.000000345. The molecule has 3 rings (SSSR count). The third-order valence-corrected chi connectivity index (χ3v) is 4.92. The maximum absolute atomic E-state index is 12.3. The van der Waals surface area contributed by atoms with Gasteiger partial charge in [0.1, 0.15) is 0 Å². The molecule has 0 amide bonds. The van der Waals surface area contributed by atoms with E-state index in [1.807, 2.05) is 12.1 Å². The summed E-state index contributed by atoms with van der Waals surface area (Å²) in [6, 6.07) is 8.29. The van der Waals surface area contributed by atoms with E-state index in [0.717, 1.165) is 41.4 Å². The van der Waals surface area contributed by atoms with Crippen LogP contribution in [0.1, 0.15) is 35.6 Å². The summed E-state index contributed by atoms with van der Waals surface area (Å²) in [4.78, 5) is 25.7. The minimum atomic E-state index is -5.08. The lowest BCUT2D eigenvalue weighted by atomic mass is 9.83. The van der Waals surface area contributed by atoms with Crippen molar-refractivity contribution in [3.05, 3.63) is 55.9 Å². The largest absolute Gasteiger partial charge is 0.490 e. The predicted molar refractivity (Wildman–Crippen MR) is 101 cm³/mol. The van der Waals surface area contributed by atoms with Crippen LogP contribution in [0.25, 0.3) is 0 Å². The monoisotopic (exact) mass is 461 g/mol. The van der Waals surface area contributed by atoms with E-state index in [1.165, 1.54) is 10.1 Å². The zero-order valence-corrected chi connectivity index (χ0v) is 16.5. The van der Waals surface area contributed by atoms with Crippen LogP contribution < -0.4 is 11.3 Å². The molecule has 152 valence electrons. The maximum atomic E-state index is 12.3. The first-order valence-electron chi connectivity index (χ1n) is 8.40. The van der Waals surface area contributed by atoms with Gasteiger partial charge in [-0.1, -0.05) is 28.1 Å². The number of carboxylic acid groups (broad SMARTS) is 1. The summed E-state index contributed by atoms with van der Waals surface area (Å²) in [5.74, 6) is -2.17. The Labute approximate surface area is 167 Å². The van der Waals surface area contributed by atoms with E-state index in [0.29, 0.717) is 5.95 Å². The number of alkyl halides is 3. The average Bonchev–Trinajstić information content (AvgIpc) is 2.60. The lowest BCUT2D eigenvalue weighted by Crippen LogP contribution is -2.30. The molecule has 0 radical (unpaired) electrons. The van der Waals surface area contributed by atoms with Crippen molar-refractivity contribution in [1.29, 1.82) is 0 Å². The molecule has 3 N–H and O–H groups in total. The number of anilines is 1. The molecular weight excluding hydrogens is 443 g/mol. The van der Waals surface area contributed by atoms with Crippen molar-refractivity contribution in [3.8, 4) is 0 Å². The summed E-state index contributed by atoms with van der Waals surface area (Å²) >= 11 is 3.50. The van der Waals surface area contributed by atoms with E-state index < -0.39 is 12.1 Å². The molecule has 1 aromatic carbocycles. The van der Waals surface area contributed by atoms with Gasteiger partial charge < -0.3 is 10.8 Å². The quantitative estimate of drug-likeness (QED) is 0.713. The Morgan fingerprint density at radius 3 is 2.64 bits per heavy atom. The highest BCUT2D eigenvalue weighted by molar-refractivity contribution is 9.10. The van der Waals surface area contributed by atoms with E-state index in [9.17, 15) is 18.0 Å². The number of nitrogens with zero attached hydrogens (tertiary/aromatic N) is 2. The summed E-state index contributed by atoms with van der Waals surface area (Å²) in [6.45, 7) is 0. The number of aliphatic carboxylic acids is 1. The number of carbonyl (C=O) groups is 1. The average molecular weight is 462 g/mol. The molecule has 1 unspecified atom stereocenters. The molecule has 1 aromatic heterocycles. The van der Waals surface area contributed by atoms with Gasteiger partial charge in [0.15, 0.2) is 0 Å². The SMILES string of the molecule is Cn1c(N)nc2c(c1=O)CCCC2Cc1cccc(Br)c1.O=C(O)C(F)(F)F. The van der Waals surface area contributed by atoms with Crippen LogP contribution >= 0.6 is 15.9 Å². The van der Waals surface area contributed by atoms with Crippen molar-refractivity contribution in [2.75, 3.05) is 5.73 Å². The van der Waals surface area contributed by atoms with Crippen LogP contribution in [0.5, 0.6) is 0 Å². The second-order valence-electron chi connectivity index (χ2n) is 6.42. The second-order valence-corrected chi connectivity index (χ2v) is 7.34. The van der Waals surface area contributed by atoms with Crippen LogP contribution in [0.2, 0.25) is 0 Å². The van der Waals surface area contributed by atoms with Crippen LogP contribution in [0.4, 0.5) is 19.1 Å². The van der Waals surface area contributed by atoms with Crippen LogP contribution in [0.15, 0.2) is 33.5 Å². The highest BCUT2D eigenvalue weighted by Gasteiger charge is 2.38. The molecule has 0 spiro atoms. The number of carboxylic acids is 1. The molecule has 1 aliphatic rings. The van der Waals surface area contributed by atoms with Gasteiger partial charge in [-0.2, -0.15) is 13.2 Å². The molecule has 0 bridgehead atoms. The van der Waals surface area contributed by atoms with E-state index in [1.54, 1.807) is 7.05 Å². The fraction of sp³-hybridized carbons (Fsp3) is 0.389. The van der Waals surface area contributed by atoms with Gasteiger partial charge in [-0.05, 0) is 43.4 Å². The summed E-state index contributed by atoms with van der Waals surface area (Å²) < 4.78 is 34.3. The molecule has 0 aliphatic heterocycles. The summed E-state index contributed by atoms with van der Waals surface area (Å²) in [5, 5.41) is 7.12. The summed E-state index contributed by atoms with van der Waals surface area (Å²) in [6.07, 6.45) is -1.29. The molecule has 0 saturated heterocycles. The Morgan fingerprint density at radius 1 is 1.43 bits per heavy atom. The number of rotatable bonds is 2.